The number of aryl methyl sites for hydroxylation is 2. The number of benzene rings is 2. The van der Waals surface area contributed by atoms with E-state index in [1.54, 1.807) is 4.57 Å². The standard InChI is InChI=1S/C27H28N4O3/c1-4-16-30-25-23(26(32)31(17-5-2)27(30)33)28-24(29-25)21-12-14-22(15-13-21)34-18-6-7-20-10-8-19(3)9-11-20/h8-15H,4-5,16-18H2,1-3H3,(H,28,29). The van der Waals surface area contributed by atoms with Gasteiger partial charge in [-0.25, -0.2) is 9.78 Å². The second-order valence-electron chi connectivity index (χ2n) is 8.16. The minimum absolute atomic E-state index is 0.276. The molecule has 0 aliphatic heterocycles. The zero-order valence-electron chi connectivity index (χ0n) is 19.7. The number of nitrogens with zero attached hydrogens (tertiary/aromatic N) is 3. The number of rotatable bonds is 7. The molecule has 0 saturated carbocycles. The van der Waals surface area contributed by atoms with Crippen molar-refractivity contribution in [2.75, 3.05) is 6.61 Å². The highest BCUT2D eigenvalue weighted by molar-refractivity contribution is 5.75. The van der Waals surface area contributed by atoms with Gasteiger partial charge in [0.15, 0.2) is 5.65 Å². The fraction of sp³-hybridized carbons (Fsp3) is 0.296. The van der Waals surface area contributed by atoms with Gasteiger partial charge in [-0.3, -0.25) is 13.9 Å². The number of fused-ring (bicyclic) bond motifs is 1. The van der Waals surface area contributed by atoms with Gasteiger partial charge in [0.1, 0.15) is 23.7 Å². The first-order valence-electron chi connectivity index (χ1n) is 11.5. The van der Waals surface area contributed by atoms with Crippen molar-refractivity contribution in [3.8, 4) is 29.0 Å². The molecule has 0 saturated heterocycles. The monoisotopic (exact) mass is 456 g/mol. The molecule has 7 heteroatoms. The zero-order chi connectivity index (χ0) is 24.1. The van der Waals surface area contributed by atoms with E-state index in [0.29, 0.717) is 42.2 Å². The summed E-state index contributed by atoms with van der Waals surface area (Å²) in [6.07, 6.45) is 1.46. The van der Waals surface area contributed by atoms with Gasteiger partial charge in [-0.1, -0.05) is 43.4 Å². The summed E-state index contributed by atoms with van der Waals surface area (Å²) in [4.78, 5) is 33.5. The summed E-state index contributed by atoms with van der Waals surface area (Å²) >= 11 is 0. The Kier molecular flexibility index (Phi) is 6.98. The van der Waals surface area contributed by atoms with Gasteiger partial charge >= 0.3 is 5.69 Å². The fourth-order valence-electron chi connectivity index (χ4n) is 3.75. The minimum Gasteiger partial charge on any atom is -0.481 e. The van der Waals surface area contributed by atoms with Crippen molar-refractivity contribution in [1.29, 1.82) is 0 Å². The Bertz CT molecular complexity index is 1460. The predicted octanol–water partition coefficient (Wildman–Crippen LogP) is 4.11. The van der Waals surface area contributed by atoms with Crippen LogP contribution in [0.1, 0.15) is 37.8 Å². The van der Waals surface area contributed by atoms with E-state index < -0.39 is 0 Å². The summed E-state index contributed by atoms with van der Waals surface area (Å²) in [5.74, 6) is 7.33. The lowest BCUT2D eigenvalue weighted by molar-refractivity contribution is 0.370. The van der Waals surface area contributed by atoms with Gasteiger partial charge in [0.05, 0.1) is 0 Å². The van der Waals surface area contributed by atoms with E-state index in [4.69, 9.17) is 4.74 Å². The SMILES string of the molecule is CCCn1c(=O)c2[nH]c(-c3ccc(OCC#Cc4ccc(C)cc4)cc3)nc2n(CCC)c1=O. The highest BCUT2D eigenvalue weighted by atomic mass is 16.5. The molecule has 34 heavy (non-hydrogen) atoms. The number of H-pyrrole nitrogens is 1. The Morgan fingerprint density at radius 1 is 0.941 bits per heavy atom. The van der Waals surface area contributed by atoms with Gasteiger partial charge in [0, 0.05) is 24.2 Å². The van der Waals surface area contributed by atoms with E-state index >= 15 is 0 Å². The zero-order valence-corrected chi connectivity index (χ0v) is 19.7. The van der Waals surface area contributed by atoms with Crippen LogP contribution in [0.25, 0.3) is 22.6 Å². The first-order chi connectivity index (χ1) is 16.5. The summed E-state index contributed by atoms with van der Waals surface area (Å²) < 4.78 is 8.59. The van der Waals surface area contributed by atoms with Crippen molar-refractivity contribution in [3.05, 3.63) is 80.5 Å². The lowest BCUT2D eigenvalue weighted by Crippen LogP contribution is -2.40. The molecule has 174 valence electrons. The second-order valence-corrected chi connectivity index (χ2v) is 8.16. The van der Waals surface area contributed by atoms with E-state index in [9.17, 15) is 9.59 Å². The molecule has 2 heterocycles. The molecule has 4 rings (SSSR count). The summed E-state index contributed by atoms with van der Waals surface area (Å²) in [5.41, 5.74) is 3.05. The van der Waals surface area contributed by atoms with Crippen molar-refractivity contribution in [2.45, 2.75) is 46.7 Å². The molecule has 0 aliphatic carbocycles. The van der Waals surface area contributed by atoms with Gasteiger partial charge in [0.2, 0.25) is 0 Å². The van der Waals surface area contributed by atoms with E-state index in [-0.39, 0.29) is 17.9 Å². The van der Waals surface area contributed by atoms with E-state index in [2.05, 4.69) is 21.8 Å². The molecule has 0 atom stereocenters. The number of aromatic nitrogens is 4. The number of nitrogens with one attached hydrogen (secondary N) is 1. The Hall–Kier alpha value is -4.05. The molecule has 0 amide bonds. The van der Waals surface area contributed by atoms with Crippen LogP contribution in [0.2, 0.25) is 0 Å². The third-order valence-electron chi connectivity index (χ3n) is 5.48. The van der Waals surface area contributed by atoms with Crippen LogP contribution in [-0.2, 0) is 13.1 Å². The third-order valence-corrected chi connectivity index (χ3v) is 5.48. The average molecular weight is 457 g/mol. The molecule has 0 fully saturated rings. The van der Waals surface area contributed by atoms with Crippen LogP contribution in [0.15, 0.2) is 58.1 Å². The number of imidazole rings is 1. The first kappa shape index (κ1) is 23.1. The molecular formula is C27H28N4O3. The Balaban J connectivity index is 1.56. The molecule has 0 radical (unpaired) electrons. The topological polar surface area (TPSA) is 81.9 Å². The molecule has 1 N–H and O–H groups in total. The Morgan fingerprint density at radius 3 is 2.29 bits per heavy atom. The van der Waals surface area contributed by atoms with Gasteiger partial charge in [0.25, 0.3) is 5.56 Å². The van der Waals surface area contributed by atoms with E-state index in [0.717, 1.165) is 17.5 Å². The Labute approximate surface area is 198 Å². The molecule has 4 aromatic rings. The fourth-order valence-corrected chi connectivity index (χ4v) is 3.75. The summed E-state index contributed by atoms with van der Waals surface area (Å²) in [6.45, 7) is 7.13. The van der Waals surface area contributed by atoms with Crippen molar-refractivity contribution in [1.82, 2.24) is 19.1 Å². The molecule has 0 bridgehead atoms. The predicted molar refractivity (Wildman–Crippen MR) is 134 cm³/mol. The van der Waals surface area contributed by atoms with Crippen LogP contribution in [0.3, 0.4) is 0 Å². The van der Waals surface area contributed by atoms with E-state index in [1.165, 1.54) is 10.1 Å². The molecule has 0 unspecified atom stereocenters. The smallest absolute Gasteiger partial charge is 0.332 e. The number of hydrogen-bond acceptors (Lipinski definition) is 4. The van der Waals surface area contributed by atoms with Crippen LogP contribution in [0.4, 0.5) is 0 Å². The molecular weight excluding hydrogens is 428 g/mol. The van der Waals surface area contributed by atoms with Crippen molar-refractivity contribution < 1.29 is 4.74 Å². The van der Waals surface area contributed by atoms with Gasteiger partial charge in [-0.2, -0.15) is 0 Å². The average Bonchev–Trinajstić information content (AvgIpc) is 3.29. The molecule has 0 aliphatic rings. The van der Waals surface area contributed by atoms with Crippen LogP contribution < -0.4 is 16.0 Å². The van der Waals surface area contributed by atoms with Crippen molar-refractivity contribution >= 4 is 11.2 Å². The summed E-state index contributed by atoms with van der Waals surface area (Å²) in [6, 6.07) is 15.4. The summed E-state index contributed by atoms with van der Waals surface area (Å²) in [7, 11) is 0. The number of aromatic amines is 1. The highest BCUT2D eigenvalue weighted by Gasteiger charge is 2.17. The quantitative estimate of drug-likeness (QED) is 0.424. The molecule has 2 aromatic heterocycles. The second kappa shape index (κ2) is 10.3. The first-order valence-corrected chi connectivity index (χ1v) is 11.5. The maximum Gasteiger partial charge on any atom is 0.332 e. The molecule has 2 aromatic carbocycles. The molecule has 7 nitrogen and oxygen atoms in total. The van der Waals surface area contributed by atoms with E-state index in [1.807, 2.05) is 69.3 Å². The van der Waals surface area contributed by atoms with Gasteiger partial charge in [-0.15, -0.1) is 0 Å². The lowest BCUT2D eigenvalue weighted by Gasteiger charge is -2.09. The highest BCUT2D eigenvalue weighted by Crippen LogP contribution is 2.21. The maximum absolute atomic E-state index is 12.9. The van der Waals surface area contributed by atoms with Gasteiger partial charge < -0.3 is 9.72 Å². The third kappa shape index (κ3) is 4.81. The largest absolute Gasteiger partial charge is 0.481 e. The molecule has 0 spiro atoms. The van der Waals surface area contributed by atoms with Crippen LogP contribution in [0, 0.1) is 18.8 Å². The van der Waals surface area contributed by atoms with Crippen molar-refractivity contribution in [2.24, 2.45) is 0 Å². The Morgan fingerprint density at radius 2 is 1.62 bits per heavy atom. The number of ether oxygens (including phenoxy) is 1. The van der Waals surface area contributed by atoms with Crippen molar-refractivity contribution in [3.63, 3.8) is 0 Å². The van der Waals surface area contributed by atoms with Crippen LogP contribution in [0.5, 0.6) is 5.75 Å². The summed E-state index contributed by atoms with van der Waals surface area (Å²) in [5, 5.41) is 0. The maximum atomic E-state index is 12.9. The van der Waals surface area contributed by atoms with Crippen LogP contribution in [-0.4, -0.2) is 25.7 Å². The lowest BCUT2D eigenvalue weighted by atomic mass is 10.2. The minimum atomic E-state index is -0.333. The number of hydrogen-bond donors (Lipinski definition) is 1. The normalized spacial score (nSPS) is 10.8. The van der Waals surface area contributed by atoms with Gasteiger partial charge in [-0.05, 0) is 56.2 Å². The van der Waals surface area contributed by atoms with Crippen LogP contribution >= 0.6 is 0 Å².